The fourth-order valence-corrected chi connectivity index (χ4v) is 3.94. The number of nitrogens with zero attached hydrogens (tertiary/aromatic N) is 4. The fourth-order valence-electron chi connectivity index (χ4n) is 3.55. The van der Waals surface area contributed by atoms with Crippen molar-refractivity contribution >= 4 is 27.6 Å². The monoisotopic (exact) mass is 431 g/mol. The molecule has 1 unspecified atom stereocenters. The van der Waals surface area contributed by atoms with Crippen LogP contribution in [0.15, 0.2) is 52.1 Å². The molecule has 0 saturated carbocycles. The summed E-state index contributed by atoms with van der Waals surface area (Å²) in [5.74, 6) is 1.58. The van der Waals surface area contributed by atoms with Crippen molar-refractivity contribution in [3.05, 3.63) is 52.8 Å². The molecule has 146 valence electrons. The molecule has 1 aliphatic heterocycles. The molecule has 1 atom stereocenters. The second kappa shape index (κ2) is 9.31. The molecule has 0 radical (unpaired) electrons. The summed E-state index contributed by atoms with van der Waals surface area (Å²) in [7, 11) is 4.19. The van der Waals surface area contributed by atoms with Crippen LogP contribution in [0.25, 0.3) is 0 Å². The summed E-state index contributed by atoms with van der Waals surface area (Å²) in [4.78, 5) is 9.61. The van der Waals surface area contributed by atoms with Crippen molar-refractivity contribution in [2.24, 2.45) is 18.0 Å². The molecule has 6 heteroatoms. The highest BCUT2D eigenvalue weighted by atomic mass is 79.9. The summed E-state index contributed by atoms with van der Waals surface area (Å²) < 4.78 is 3.30. The van der Waals surface area contributed by atoms with E-state index in [0.29, 0.717) is 5.92 Å². The average molecular weight is 432 g/mol. The van der Waals surface area contributed by atoms with Crippen molar-refractivity contribution in [1.82, 2.24) is 14.8 Å². The molecule has 1 N–H and O–H groups in total. The first-order valence-corrected chi connectivity index (χ1v) is 10.5. The molecule has 3 rings (SSSR count). The van der Waals surface area contributed by atoms with Crippen LogP contribution in [0.4, 0.5) is 5.69 Å². The molecule has 0 spiro atoms. The molecule has 1 aromatic carbocycles. The van der Waals surface area contributed by atoms with E-state index in [1.165, 1.54) is 17.8 Å². The van der Waals surface area contributed by atoms with E-state index in [1.807, 2.05) is 0 Å². The molecule has 27 heavy (non-hydrogen) atoms. The van der Waals surface area contributed by atoms with Gasteiger partial charge in [0.1, 0.15) is 0 Å². The van der Waals surface area contributed by atoms with Crippen molar-refractivity contribution < 1.29 is 0 Å². The maximum absolute atomic E-state index is 4.94. The van der Waals surface area contributed by atoms with Crippen molar-refractivity contribution in [1.29, 1.82) is 0 Å². The molecule has 1 fully saturated rings. The van der Waals surface area contributed by atoms with Gasteiger partial charge in [-0.05, 0) is 49.6 Å². The minimum Gasteiger partial charge on any atom is -0.371 e. The van der Waals surface area contributed by atoms with Gasteiger partial charge in [-0.15, -0.1) is 0 Å². The summed E-state index contributed by atoms with van der Waals surface area (Å²) >= 11 is 3.57. The molecular weight excluding hydrogens is 402 g/mol. The Morgan fingerprint density at radius 1 is 1.33 bits per heavy atom. The molecule has 1 saturated heterocycles. The molecule has 0 aliphatic carbocycles. The van der Waals surface area contributed by atoms with Crippen LogP contribution in [0.1, 0.15) is 19.0 Å². The van der Waals surface area contributed by atoms with E-state index >= 15 is 0 Å². The predicted molar refractivity (Wildman–Crippen MR) is 117 cm³/mol. The number of aryl methyl sites for hydroxylation is 1. The normalized spacial score (nSPS) is 17.4. The van der Waals surface area contributed by atoms with Crippen LogP contribution < -0.4 is 10.2 Å². The average Bonchev–Trinajstić information content (AvgIpc) is 3.28. The number of rotatable bonds is 6. The maximum atomic E-state index is 4.94. The topological polar surface area (TPSA) is 35.8 Å². The quantitative estimate of drug-likeness (QED) is 0.559. The number of hydrogen-bond acceptors (Lipinski definition) is 2. The maximum Gasteiger partial charge on any atom is 0.194 e. The van der Waals surface area contributed by atoms with Gasteiger partial charge in [0.25, 0.3) is 0 Å². The van der Waals surface area contributed by atoms with Crippen molar-refractivity contribution in [3.63, 3.8) is 0 Å². The van der Waals surface area contributed by atoms with Crippen molar-refractivity contribution in [3.8, 4) is 0 Å². The fraction of sp³-hybridized carbons (Fsp3) is 0.476. The number of nitrogens with one attached hydrogen (secondary N) is 1. The summed E-state index contributed by atoms with van der Waals surface area (Å²) in [6.45, 7) is 6.89. The first-order chi connectivity index (χ1) is 13.1. The minimum absolute atomic E-state index is 0.598. The Labute approximate surface area is 171 Å². The smallest absolute Gasteiger partial charge is 0.194 e. The number of benzene rings is 1. The highest BCUT2D eigenvalue weighted by molar-refractivity contribution is 9.10. The third kappa shape index (κ3) is 5.28. The Morgan fingerprint density at radius 2 is 2.19 bits per heavy atom. The zero-order valence-electron chi connectivity index (χ0n) is 16.5. The zero-order chi connectivity index (χ0) is 19.2. The SMILES string of the molecule is CCNC(=NCC1CCN(c2cccc(Br)c2)C1)N(C)Cc1cccn1C. The van der Waals surface area contributed by atoms with E-state index in [0.717, 1.165) is 43.2 Å². The molecule has 1 aliphatic rings. The van der Waals surface area contributed by atoms with Crippen LogP contribution >= 0.6 is 15.9 Å². The van der Waals surface area contributed by atoms with Crippen LogP contribution in [0, 0.1) is 5.92 Å². The van der Waals surface area contributed by atoms with Gasteiger partial charge in [-0.2, -0.15) is 0 Å². The Kier molecular flexibility index (Phi) is 6.83. The first-order valence-electron chi connectivity index (χ1n) is 9.67. The van der Waals surface area contributed by atoms with Gasteiger partial charge < -0.3 is 19.7 Å². The number of aliphatic imine (C=N–C) groups is 1. The summed E-state index contributed by atoms with van der Waals surface area (Å²) in [5, 5.41) is 3.44. The van der Waals surface area contributed by atoms with E-state index < -0.39 is 0 Å². The molecule has 2 heterocycles. The highest BCUT2D eigenvalue weighted by Crippen LogP contribution is 2.26. The second-order valence-corrected chi connectivity index (χ2v) is 8.16. The van der Waals surface area contributed by atoms with Crippen LogP contribution in [0.3, 0.4) is 0 Å². The van der Waals surface area contributed by atoms with Gasteiger partial charge in [-0.25, -0.2) is 0 Å². The van der Waals surface area contributed by atoms with E-state index in [4.69, 9.17) is 4.99 Å². The first kappa shape index (κ1) is 19.8. The van der Waals surface area contributed by atoms with Gasteiger partial charge in [0.15, 0.2) is 5.96 Å². The lowest BCUT2D eigenvalue weighted by molar-refractivity contribution is 0.458. The van der Waals surface area contributed by atoms with Gasteiger partial charge in [0.2, 0.25) is 0 Å². The number of aromatic nitrogens is 1. The van der Waals surface area contributed by atoms with E-state index in [9.17, 15) is 0 Å². The third-order valence-corrected chi connectivity index (χ3v) is 5.60. The summed E-state index contributed by atoms with van der Waals surface area (Å²) in [5.41, 5.74) is 2.58. The molecule has 5 nitrogen and oxygen atoms in total. The summed E-state index contributed by atoms with van der Waals surface area (Å²) in [6, 6.07) is 12.8. The van der Waals surface area contributed by atoms with Gasteiger partial charge in [0.05, 0.1) is 6.54 Å². The lowest BCUT2D eigenvalue weighted by atomic mass is 10.1. The minimum atomic E-state index is 0.598. The van der Waals surface area contributed by atoms with E-state index in [-0.39, 0.29) is 0 Å². The lowest BCUT2D eigenvalue weighted by Gasteiger charge is -2.23. The standard InChI is InChI=1S/C21H30BrN5/c1-4-23-21(26(3)16-20-9-6-11-25(20)2)24-14-17-10-12-27(15-17)19-8-5-7-18(22)13-19/h5-9,11,13,17H,4,10,12,14-16H2,1-3H3,(H,23,24). The molecule has 2 aromatic rings. The number of hydrogen-bond donors (Lipinski definition) is 1. The Balaban J connectivity index is 1.59. The van der Waals surface area contributed by atoms with Crippen molar-refractivity contribution in [2.75, 3.05) is 38.1 Å². The third-order valence-electron chi connectivity index (χ3n) is 5.11. The van der Waals surface area contributed by atoms with Crippen molar-refractivity contribution in [2.45, 2.75) is 19.9 Å². The van der Waals surface area contributed by atoms with Gasteiger partial charge in [0, 0.05) is 62.3 Å². The Morgan fingerprint density at radius 3 is 2.89 bits per heavy atom. The predicted octanol–water partition coefficient (Wildman–Crippen LogP) is 3.71. The van der Waals surface area contributed by atoms with Gasteiger partial charge in [-0.3, -0.25) is 4.99 Å². The Bertz CT molecular complexity index is 769. The van der Waals surface area contributed by atoms with Gasteiger partial charge in [-0.1, -0.05) is 22.0 Å². The van der Waals surface area contributed by atoms with E-state index in [1.54, 1.807) is 0 Å². The number of anilines is 1. The van der Waals surface area contributed by atoms with Crippen LogP contribution in [-0.2, 0) is 13.6 Å². The lowest BCUT2D eigenvalue weighted by Crippen LogP contribution is -2.39. The van der Waals surface area contributed by atoms with E-state index in [2.05, 4.69) is 99.2 Å². The largest absolute Gasteiger partial charge is 0.371 e. The molecule has 0 amide bonds. The number of halogens is 1. The van der Waals surface area contributed by atoms with Crippen LogP contribution in [0.2, 0.25) is 0 Å². The van der Waals surface area contributed by atoms with Gasteiger partial charge >= 0.3 is 0 Å². The molecule has 1 aromatic heterocycles. The summed E-state index contributed by atoms with van der Waals surface area (Å²) in [6.07, 6.45) is 3.28. The molecular formula is C21H30BrN5. The number of guanidine groups is 1. The highest BCUT2D eigenvalue weighted by Gasteiger charge is 2.23. The van der Waals surface area contributed by atoms with Crippen LogP contribution in [0.5, 0.6) is 0 Å². The van der Waals surface area contributed by atoms with Crippen LogP contribution in [-0.4, -0.2) is 48.7 Å². The Hall–Kier alpha value is -1.95. The zero-order valence-corrected chi connectivity index (χ0v) is 18.1. The molecule has 0 bridgehead atoms. The second-order valence-electron chi connectivity index (χ2n) is 7.24.